The van der Waals surface area contributed by atoms with Gasteiger partial charge < -0.3 is 25.2 Å². The van der Waals surface area contributed by atoms with Gasteiger partial charge in [-0.3, -0.25) is 14.7 Å². The molecule has 0 spiro atoms. The summed E-state index contributed by atoms with van der Waals surface area (Å²) in [6.07, 6.45) is 2.55. The number of piperidine rings is 1. The molecule has 28 heavy (non-hydrogen) atoms. The summed E-state index contributed by atoms with van der Waals surface area (Å²) in [6.45, 7) is 11.4. The van der Waals surface area contributed by atoms with E-state index in [0.717, 1.165) is 51.8 Å². The second-order valence-electron chi connectivity index (χ2n) is 7.57. The topological polar surface area (TPSA) is 72.4 Å². The molecule has 0 aromatic carbocycles. The minimum Gasteiger partial charge on any atom is -0.383 e. The summed E-state index contributed by atoms with van der Waals surface area (Å²) < 4.78 is 4.96. The Labute approximate surface area is 187 Å². The van der Waals surface area contributed by atoms with Gasteiger partial charge in [0.25, 0.3) is 0 Å². The second kappa shape index (κ2) is 14.4. The molecule has 0 aromatic heterocycles. The average Bonchev–Trinajstić information content (AvgIpc) is 2.66. The third-order valence-corrected chi connectivity index (χ3v) is 5.22. The molecule has 0 saturated carbocycles. The van der Waals surface area contributed by atoms with Gasteiger partial charge in [0, 0.05) is 59.5 Å². The molecular weight excluding hydrogens is 471 g/mol. The zero-order valence-corrected chi connectivity index (χ0v) is 20.1. The van der Waals surface area contributed by atoms with Gasteiger partial charge in [-0.25, -0.2) is 0 Å². The van der Waals surface area contributed by atoms with Crippen LogP contribution >= 0.6 is 24.0 Å². The van der Waals surface area contributed by atoms with Crippen LogP contribution in [0.3, 0.4) is 0 Å². The van der Waals surface area contributed by atoms with Crippen molar-refractivity contribution < 1.29 is 9.53 Å². The van der Waals surface area contributed by atoms with Crippen LogP contribution in [0.4, 0.5) is 0 Å². The van der Waals surface area contributed by atoms with E-state index in [1.54, 1.807) is 7.11 Å². The molecule has 0 radical (unpaired) electrons. The molecule has 2 rings (SSSR count). The molecule has 8 nitrogen and oxygen atoms in total. The van der Waals surface area contributed by atoms with Crippen molar-refractivity contribution in [1.82, 2.24) is 25.3 Å². The van der Waals surface area contributed by atoms with Crippen molar-refractivity contribution >= 4 is 35.8 Å². The van der Waals surface area contributed by atoms with Crippen molar-refractivity contribution in [2.75, 3.05) is 86.2 Å². The summed E-state index contributed by atoms with van der Waals surface area (Å²) in [5, 5.41) is 6.33. The van der Waals surface area contributed by atoms with E-state index in [2.05, 4.69) is 39.3 Å². The van der Waals surface area contributed by atoms with Crippen LogP contribution in [0.25, 0.3) is 0 Å². The first kappa shape index (κ1) is 25.4. The molecule has 9 heteroatoms. The summed E-state index contributed by atoms with van der Waals surface area (Å²) >= 11 is 0. The van der Waals surface area contributed by atoms with E-state index in [1.165, 1.54) is 19.4 Å². The summed E-state index contributed by atoms with van der Waals surface area (Å²) in [6, 6.07) is 0. The number of piperazine rings is 1. The third-order valence-electron chi connectivity index (χ3n) is 5.22. The van der Waals surface area contributed by atoms with Crippen LogP contribution in [0.1, 0.15) is 19.8 Å². The standard InChI is InChI=1S/C19H38N6O2.HI/c1-4-20-19(22-14-17-6-5-8-23(2)15-17)25-11-9-24(10-12-25)16-18(26)21-7-13-27-3;/h17H,4-16H2,1-3H3,(H,20,22)(H,21,26);1H. The lowest BCUT2D eigenvalue weighted by Crippen LogP contribution is -2.54. The SMILES string of the molecule is CCNC(=NCC1CCCN(C)C1)N1CCN(CC(=O)NCCOC)CC1.I. The van der Waals surface area contributed by atoms with E-state index in [0.29, 0.717) is 25.6 Å². The first-order valence-electron chi connectivity index (χ1n) is 10.3. The number of hydrogen-bond acceptors (Lipinski definition) is 5. The fourth-order valence-electron chi connectivity index (χ4n) is 3.73. The molecule has 1 unspecified atom stereocenters. The number of halogens is 1. The molecular formula is C19H39IN6O2. The van der Waals surface area contributed by atoms with Crippen molar-refractivity contribution in [2.45, 2.75) is 19.8 Å². The molecule has 0 aliphatic carbocycles. The maximum absolute atomic E-state index is 11.9. The fraction of sp³-hybridized carbons (Fsp3) is 0.895. The van der Waals surface area contributed by atoms with Gasteiger partial charge in [0.05, 0.1) is 13.2 Å². The Morgan fingerprint density at radius 3 is 2.57 bits per heavy atom. The van der Waals surface area contributed by atoms with Crippen LogP contribution < -0.4 is 10.6 Å². The number of amides is 1. The van der Waals surface area contributed by atoms with Crippen molar-refractivity contribution in [1.29, 1.82) is 0 Å². The van der Waals surface area contributed by atoms with E-state index >= 15 is 0 Å². The van der Waals surface area contributed by atoms with Gasteiger partial charge >= 0.3 is 0 Å². The lowest BCUT2D eigenvalue weighted by atomic mass is 9.99. The minimum absolute atomic E-state index is 0. The van der Waals surface area contributed by atoms with Crippen LogP contribution in [0, 0.1) is 5.92 Å². The van der Waals surface area contributed by atoms with Crippen LogP contribution in [0.2, 0.25) is 0 Å². The number of likely N-dealkylation sites (tertiary alicyclic amines) is 1. The molecule has 2 N–H and O–H groups in total. The van der Waals surface area contributed by atoms with Gasteiger partial charge in [0.1, 0.15) is 0 Å². The van der Waals surface area contributed by atoms with E-state index < -0.39 is 0 Å². The molecule has 1 atom stereocenters. The molecule has 164 valence electrons. The van der Waals surface area contributed by atoms with Crippen LogP contribution in [0.15, 0.2) is 4.99 Å². The molecule has 0 bridgehead atoms. The van der Waals surface area contributed by atoms with Crippen molar-refractivity contribution in [3.8, 4) is 0 Å². The van der Waals surface area contributed by atoms with Crippen molar-refractivity contribution in [3.63, 3.8) is 0 Å². The quantitative estimate of drug-likeness (QED) is 0.212. The third kappa shape index (κ3) is 9.23. The van der Waals surface area contributed by atoms with Gasteiger partial charge in [-0.15, -0.1) is 24.0 Å². The number of rotatable bonds is 8. The number of nitrogens with one attached hydrogen (secondary N) is 2. The van der Waals surface area contributed by atoms with Gasteiger partial charge in [0.2, 0.25) is 5.91 Å². The molecule has 2 aliphatic rings. The Kier molecular flexibility index (Phi) is 13.0. The van der Waals surface area contributed by atoms with Crippen molar-refractivity contribution in [3.05, 3.63) is 0 Å². The average molecular weight is 510 g/mol. The number of carbonyl (C=O) groups is 1. The Hall–Kier alpha value is -0.650. The highest BCUT2D eigenvalue weighted by Crippen LogP contribution is 2.15. The molecule has 2 saturated heterocycles. The summed E-state index contributed by atoms with van der Waals surface area (Å²) in [7, 11) is 3.84. The van der Waals surface area contributed by atoms with Crippen molar-refractivity contribution in [2.24, 2.45) is 10.9 Å². The molecule has 2 fully saturated rings. The van der Waals surface area contributed by atoms with Crippen LogP contribution in [-0.2, 0) is 9.53 Å². The zero-order chi connectivity index (χ0) is 19.5. The van der Waals surface area contributed by atoms with E-state index in [-0.39, 0.29) is 29.9 Å². The predicted octanol–water partition coefficient (Wildman–Crippen LogP) is 0.292. The summed E-state index contributed by atoms with van der Waals surface area (Å²) in [5.74, 6) is 1.76. The van der Waals surface area contributed by atoms with Gasteiger partial charge in [-0.05, 0) is 39.3 Å². The monoisotopic (exact) mass is 510 g/mol. The van der Waals surface area contributed by atoms with E-state index in [4.69, 9.17) is 9.73 Å². The number of nitrogens with zero attached hydrogens (tertiary/aromatic N) is 4. The lowest BCUT2D eigenvalue weighted by Gasteiger charge is -2.36. The largest absolute Gasteiger partial charge is 0.383 e. The highest BCUT2D eigenvalue weighted by molar-refractivity contribution is 14.0. The number of aliphatic imine (C=N–C) groups is 1. The number of hydrogen-bond donors (Lipinski definition) is 2. The van der Waals surface area contributed by atoms with Crippen LogP contribution in [0.5, 0.6) is 0 Å². The smallest absolute Gasteiger partial charge is 0.234 e. The number of ether oxygens (including phenoxy) is 1. The van der Waals surface area contributed by atoms with E-state index in [9.17, 15) is 4.79 Å². The Morgan fingerprint density at radius 1 is 1.18 bits per heavy atom. The summed E-state index contributed by atoms with van der Waals surface area (Å²) in [5.41, 5.74) is 0. The number of methoxy groups -OCH3 is 1. The predicted molar refractivity (Wildman–Crippen MR) is 125 cm³/mol. The Bertz CT molecular complexity index is 471. The minimum atomic E-state index is 0. The molecule has 0 aromatic rings. The Balaban J connectivity index is 0.00000392. The molecule has 2 heterocycles. The first-order chi connectivity index (χ1) is 13.1. The van der Waals surface area contributed by atoms with Crippen LogP contribution in [-0.4, -0.2) is 113 Å². The zero-order valence-electron chi connectivity index (χ0n) is 17.8. The Morgan fingerprint density at radius 2 is 1.93 bits per heavy atom. The second-order valence-corrected chi connectivity index (χ2v) is 7.57. The number of guanidine groups is 1. The first-order valence-corrected chi connectivity index (χ1v) is 10.3. The molecule has 1 amide bonds. The fourth-order valence-corrected chi connectivity index (χ4v) is 3.73. The maximum Gasteiger partial charge on any atom is 0.234 e. The van der Waals surface area contributed by atoms with E-state index in [1.807, 2.05) is 0 Å². The van der Waals surface area contributed by atoms with Gasteiger partial charge in [0.15, 0.2) is 5.96 Å². The normalized spacial score (nSPS) is 21.9. The highest BCUT2D eigenvalue weighted by atomic mass is 127. The number of carbonyl (C=O) groups excluding carboxylic acids is 1. The molecule has 2 aliphatic heterocycles. The maximum atomic E-state index is 11.9. The van der Waals surface area contributed by atoms with Gasteiger partial charge in [-0.2, -0.15) is 0 Å². The van der Waals surface area contributed by atoms with Gasteiger partial charge in [-0.1, -0.05) is 0 Å². The summed E-state index contributed by atoms with van der Waals surface area (Å²) in [4.78, 5) is 23.8. The lowest BCUT2D eigenvalue weighted by molar-refractivity contribution is -0.122. The highest BCUT2D eigenvalue weighted by Gasteiger charge is 2.22.